The van der Waals surface area contributed by atoms with E-state index in [2.05, 4.69) is 11.8 Å². The Hall–Kier alpha value is -1.01. The molecule has 0 atom stereocenters. The number of carboxylic acids is 1. The van der Waals surface area contributed by atoms with Crippen molar-refractivity contribution >= 4 is 5.97 Å². The van der Waals surface area contributed by atoms with Gasteiger partial charge in [0.25, 0.3) is 0 Å². The Kier molecular flexibility index (Phi) is 5.50. The van der Waals surface area contributed by atoms with Crippen molar-refractivity contribution in [3.63, 3.8) is 0 Å². The summed E-state index contributed by atoms with van der Waals surface area (Å²) in [5, 5.41) is 8.11. The van der Waals surface area contributed by atoms with Crippen molar-refractivity contribution in [2.24, 2.45) is 0 Å². The molecule has 1 N–H and O–H groups in total. The molecule has 0 rings (SSSR count). The summed E-state index contributed by atoms with van der Waals surface area (Å²) in [5.41, 5.74) is 0. The number of aliphatic carboxylic acids is 1. The molecular formula is C7H10O3. The highest BCUT2D eigenvalue weighted by molar-refractivity contribution is 5.67. The van der Waals surface area contributed by atoms with Gasteiger partial charge in [-0.25, -0.2) is 4.79 Å². The summed E-state index contributed by atoms with van der Waals surface area (Å²) in [6, 6.07) is 0. The predicted octanol–water partition coefficient (Wildman–Crippen LogP) is 0.501. The van der Waals surface area contributed by atoms with Gasteiger partial charge in [0, 0.05) is 6.42 Å². The van der Waals surface area contributed by atoms with Crippen molar-refractivity contribution in [2.75, 3.05) is 13.2 Å². The van der Waals surface area contributed by atoms with Crippen LogP contribution in [0.3, 0.4) is 0 Å². The van der Waals surface area contributed by atoms with Gasteiger partial charge in [-0.15, -0.1) is 11.8 Å². The fourth-order valence-corrected chi connectivity index (χ4v) is 0.408. The van der Waals surface area contributed by atoms with Crippen LogP contribution in [0.25, 0.3) is 0 Å². The van der Waals surface area contributed by atoms with Gasteiger partial charge in [-0.2, -0.15) is 0 Å². The lowest BCUT2D eigenvalue weighted by atomic mass is 10.4. The van der Waals surface area contributed by atoms with E-state index < -0.39 is 5.97 Å². The van der Waals surface area contributed by atoms with Gasteiger partial charge in [0.15, 0.2) is 0 Å². The van der Waals surface area contributed by atoms with Crippen LogP contribution in [0.2, 0.25) is 0 Å². The molecule has 0 bridgehead atoms. The number of ether oxygens (including phenoxy) is 1. The molecule has 0 saturated carbocycles. The molecule has 0 fully saturated rings. The Morgan fingerprint density at radius 2 is 2.40 bits per heavy atom. The van der Waals surface area contributed by atoms with Crippen LogP contribution in [0.4, 0.5) is 0 Å². The minimum absolute atomic E-state index is 0.231. The standard InChI is InChI=1S/C7H10O3/c1-2-3-4-5-10-6-7(8)9/h4-6H2,1H3,(H,8,9). The lowest BCUT2D eigenvalue weighted by Crippen LogP contribution is -2.07. The zero-order chi connectivity index (χ0) is 7.82. The molecule has 0 radical (unpaired) electrons. The van der Waals surface area contributed by atoms with Crippen LogP contribution < -0.4 is 0 Å². The summed E-state index contributed by atoms with van der Waals surface area (Å²) < 4.78 is 4.70. The first kappa shape index (κ1) is 8.99. The van der Waals surface area contributed by atoms with Crippen LogP contribution in [-0.2, 0) is 9.53 Å². The molecule has 3 heteroatoms. The molecule has 0 saturated heterocycles. The summed E-state index contributed by atoms with van der Waals surface area (Å²) in [7, 11) is 0. The topological polar surface area (TPSA) is 46.5 Å². The molecule has 3 nitrogen and oxygen atoms in total. The van der Waals surface area contributed by atoms with E-state index in [0.717, 1.165) is 0 Å². The second-order valence-corrected chi connectivity index (χ2v) is 1.62. The third-order valence-corrected chi connectivity index (χ3v) is 0.774. The molecule has 0 aliphatic rings. The molecule has 56 valence electrons. The maximum atomic E-state index is 9.87. The maximum absolute atomic E-state index is 9.87. The van der Waals surface area contributed by atoms with E-state index >= 15 is 0 Å². The molecule has 0 aromatic heterocycles. The first-order valence-corrected chi connectivity index (χ1v) is 2.96. The van der Waals surface area contributed by atoms with E-state index in [0.29, 0.717) is 13.0 Å². The van der Waals surface area contributed by atoms with Crippen LogP contribution in [0.15, 0.2) is 0 Å². The number of hydrogen-bond donors (Lipinski definition) is 1. The van der Waals surface area contributed by atoms with E-state index in [1.54, 1.807) is 6.92 Å². The van der Waals surface area contributed by atoms with Crippen molar-refractivity contribution < 1.29 is 14.6 Å². The van der Waals surface area contributed by atoms with Crippen LogP contribution in [0.5, 0.6) is 0 Å². The summed E-state index contributed by atoms with van der Waals surface area (Å²) in [6.45, 7) is 1.90. The highest BCUT2D eigenvalue weighted by atomic mass is 16.5. The van der Waals surface area contributed by atoms with E-state index in [4.69, 9.17) is 9.84 Å². The second-order valence-electron chi connectivity index (χ2n) is 1.62. The summed E-state index contributed by atoms with van der Waals surface area (Å²) in [5.74, 6) is 4.49. The minimum atomic E-state index is -0.940. The van der Waals surface area contributed by atoms with Crippen LogP contribution in [0, 0.1) is 11.8 Å². The fourth-order valence-electron chi connectivity index (χ4n) is 0.408. The van der Waals surface area contributed by atoms with Crippen molar-refractivity contribution in [1.82, 2.24) is 0 Å². The van der Waals surface area contributed by atoms with Gasteiger partial charge in [0.2, 0.25) is 0 Å². The summed E-state index contributed by atoms with van der Waals surface area (Å²) in [4.78, 5) is 9.87. The van der Waals surface area contributed by atoms with Crippen molar-refractivity contribution in [1.29, 1.82) is 0 Å². The molecule has 0 aliphatic heterocycles. The van der Waals surface area contributed by atoms with E-state index in [1.165, 1.54) is 0 Å². The molecule has 0 unspecified atom stereocenters. The number of carbonyl (C=O) groups is 1. The van der Waals surface area contributed by atoms with Crippen molar-refractivity contribution in [3.05, 3.63) is 0 Å². The van der Waals surface area contributed by atoms with E-state index in [-0.39, 0.29) is 6.61 Å². The number of hydrogen-bond acceptors (Lipinski definition) is 2. The Labute approximate surface area is 60.0 Å². The van der Waals surface area contributed by atoms with Crippen LogP contribution in [0.1, 0.15) is 13.3 Å². The molecule has 0 spiro atoms. The first-order chi connectivity index (χ1) is 4.77. The Balaban J connectivity index is 3.03. The Morgan fingerprint density at radius 1 is 1.70 bits per heavy atom. The van der Waals surface area contributed by atoms with Gasteiger partial charge in [0.1, 0.15) is 6.61 Å². The van der Waals surface area contributed by atoms with Gasteiger partial charge in [-0.05, 0) is 6.92 Å². The van der Waals surface area contributed by atoms with Crippen molar-refractivity contribution in [3.8, 4) is 11.8 Å². The zero-order valence-electron chi connectivity index (χ0n) is 5.89. The molecule has 0 aromatic rings. The highest BCUT2D eigenvalue weighted by Crippen LogP contribution is 1.79. The SMILES string of the molecule is CC#CCCOCC(=O)O. The average molecular weight is 142 g/mol. The van der Waals surface area contributed by atoms with Crippen molar-refractivity contribution in [2.45, 2.75) is 13.3 Å². The maximum Gasteiger partial charge on any atom is 0.329 e. The summed E-state index contributed by atoms with van der Waals surface area (Å²) in [6.07, 6.45) is 0.601. The fraction of sp³-hybridized carbons (Fsp3) is 0.571. The van der Waals surface area contributed by atoms with Crippen LogP contribution in [-0.4, -0.2) is 24.3 Å². The quantitative estimate of drug-likeness (QED) is 0.459. The lowest BCUT2D eigenvalue weighted by molar-refractivity contribution is -0.142. The normalized spacial score (nSPS) is 8.10. The van der Waals surface area contributed by atoms with Gasteiger partial charge in [-0.3, -0.25) is 0 Å². The Morgan fingerprint density at radius 3 is 2.90 bits per heavy atom. The zero-order valence-corrected chi connectivity index (χ0v) is 5.89. The summed E-state index contributed by atoms with van der Waals surface area (Å²) >= 11 is 0. The monoisotopic (exact) mass is 142 g/mol. The van der Waals surface area contributed by atoms with Gasteiger partial charge in [0.05, 0.1) is 6.61 Å². The lowest BCUT2D eigenvalue weighted by Gasteiger charge is -1.94. The molecular weight excluding hydrogens is 132 g/mol. The Bertz CT molecular complexity index is 152. The predicted molar refractivity (Wildman–Crippen MR) is 36.5 cm³/mol. The number of carboxylic acid groups (broad SMARTS) is 1. The third-order valence-electron chi connectivity index (χ3n) is 0.774. The molecule has 0 aliphatic carbocycles. The largest absolute Gasteiger partial charge is 0.480 e. The average Bonchev–Trinajstić information content (AvgIpc) is 1.87. The molecule has 0 amide bonds. The smallest absolute Gasteiger partial charge is 0.329 e. The minimum Gasteiger partial charge on any atom is -0.480 e. The first-order valence-electron chi connectivity index (χ1n) is 2.96. The van der Waals surface area contributed by atoms with E-state index in [1.807, 2.05) is 0 Å². The van der Waals surface area contributed by atoms with Crippen LogP contribution >= 0.6 is 0 Å². The highest BCUT2D eigenvalue weighted by Gasteiger charge is 1.93. The molecule has 0 aromatic carbocycles. The molecule has 10 heavy (non-hydrogen) atoms. The molecule has 0 heterocycles. The van der Waals surface area contributed by atoms with E-state index in [9.17, 15) is 4.79 Å². The number of rotatable bonds is 4. The second kappa shape index (κ2) is 6.12. The van der Waals surface area contributed by atoms with Gasteiger partial charge >= 0.3 is 5.97 Å². The van der Waals surface area contributed by atoms with Gasteiger partial charge in [-0.1, -0.05) is 0 Å². The van der Waals surface area contributed by atoms with Gasteiger partial charge < -0.3 is 9.84 Å². The third kappa shape index (κ3) is 6.99.